The zero-order chi connectivity index (χ0) is 15.4. The molecule has 4 nitrogen and oxygen atoms in total. The lowest BCUT2D eigenvalue weighted by molar-refractivity contribution is 0.0599. The van der Waals surface area contributed by atoms with Crippen molar-refractivity contribution in [3.63, 3.8) is 0 Å². The molecule has 0 spiro atoms. The molecule has 0 radical (unpaired) electrons. The van der Waals surface area contributed by atoms with Crippen LogP contribution in [0.15, 0.2) is 30.5 Å². The van der Waals surface area contributed by atoms with Crippen molar-refractivity contribution in [1.82, 2.24) is 4.98 Å². The third kappa shape index (κ3) is 2.86. The van der Waals surface area contributed by atoms with Crippen molar-refractivity contribution < 1.29 is 18.7 Å². The molecule has 1 aromatic heterocycles. The van der Waals surface area contributed by atoms with E-state index in [9.17, 15) is 9.18 Å². The molecule has 0 unspecified atom stereocenters. The molecule has 1 aromatic carbocycles. The Morgan fingerprint density at radius 3 is 2.43 bits per heavy atom. The first-order valence-electron chi connectivity index (χ1n) is 6.52. The van der Waals surface area contributed by atoms with Gasteiger partial charge in [-0.25, -0.2) is 14.2 Å². The van der Waals surface area contributed by atoms with Gasteiger partial charge in [0.05, 0.1) is 19.8 Å². The normalized spacial score (nSPS) is 10.3. The fraction of sp³-hybridized carbons (Fsp3) is 0.250. The molecular formula is C16H16FNO3. The maximum Gasteiger partial charge on any atom is 0.339 e. The number of rotatable bonds is 4. The van der Waals surface area contributed by atoms with Crippen molar-refractivity contribution in [3.8, 4) is 17.0 Å². The predicted molar refractivity (Wildman–Crippen MR) is 76.9 cm³/mol. The summed E-state index contributed by atoms with van der Waals surface area (Å²) >= 11 is 0. The monoisotopic (exact) mass is 289 g/mol. The first-order valence-corrected chi connectivity index (χ1v) is 6.52. The van der Waals surface area contributed by atoms with Crippen molar-refractivity contribution >= 4 is 5.97 Å². The molecule has 0 aliphatic rings. The summed E-state index contributed by atoms with van der Waals surface area (Å²) in [6.45, 7) is 1.90. The third-order valence-electron chi connectivity index (χ3n) is 3.23. The molecule has 0 saturated heterocycles. The van der Waals surface area contributed by atoms with E-state index in [2.05, 4.69) is 4.98 Å². The minimum Gasteiger partial charge on any atom is -0.481 e. The number of carbonyl (C=O) groups is 1. The lowest BCUT2D eigenvalue weighted by Crippen LogP contribution is -2.10. The van der Waals surface area contributed by atoms with Gasteiger partial charge in [0.2, 0.25) is 5.88 Å². The van der Waals surface area contributed by atoms with Gasteiger partial charge in [0.15, 0.2) is 0 Å². The molecule has 0 fully saturated rings. The third-order valence-corrected chi connectivity index (χ3v) is 3.23. The van der Waals surface area contributed by atoms with Crippen LogP contribution in [0.25, 0.3) is 11.1 Å². The average molecular weight is 289 g/mol. The highest BCUT2D eigenvalue weighted by atomic mass is 19.1. The van der Waals surface area contributed by atoms with Gasteiger partial charge < -0.3 is 9.47 Å². The van der Waals surface area contributed by atoms with Crippen molar-refractivity contribution in [2.45, 2.75) is 13.3 Å². The maximum atomic E-state index is 13.1. The molecule has 0 N–H and O–H groups in total. The summed E-state index contributed by atoms with van der Waals surface area (Å²) in [6, 6.07) is 5.88. The Kier molecular flexibility index (Phi) is 4.52. The second-order valence-electron chi connectivity index (χ2n) is 4.39. The smallest absolute Gasteiger partial charge is 0.339 e. The van der Waals surface area contributed by atoms with Crippen molar-refractivity contribution in [2.24, 2.45) is 0 Å². The van der Waals surface area contributed by atoms with Gasteiger partial charge in [-0.05, 0) is 24.1 Å². The number of nitrogens with zero attached hydrogens (tertiary/aromatic N) is 1. The summed E-state index contributed by atoms with van der Waals surface area (Å²) in [7, 11) is 2.82. The molecule has 0 saturated carbocycles. The maximum absolute atomic E-state index is 13.1. The van der Waals surface area contributed by atoms with E-state index in [1.807, 2.05) is 6.92 Å². The molecule has 2 aromatic rings. The molecule has 1 heterocycles. The first kappa shape index (κ1) is 15.0. The Balaban J connectivity index is 2.70. The van der Waals surface area contributed by atoms with E-state index in [0.29, 0.717) is 34.6 Å². The molecule has 0 bridgehead atoms. The summed E-state index contributed by atoms with van der Waals surface area (Å²) in [5, 5.41) is 0. The first-order chi connectivity index (χ1) is 10.1. The minimum absolute atomic E-state index is 0.337. The van der Waals surface area contributed by atoms with Gasteiger partial charge in [-0.3, -0.25) is 0 Å². The Labute approximate surface area is 122 Å². The number of halogens is 1. The van der Waals surface area contributed by atoms with Crippen molar-refractivity contribution in [3.05, 3.63) is 47.4 Å². The topological polar surface area (TPSA) is 48.4 Å². The summed E-state index contributed by atoms with van der Waals surface area (Å²) in [6.07, 6.45) is 2.10. The fourth-order valence-electron chi connectivity index (χ4n) is 2.22. The number of hydrogen-bond donors (Lipinski definition) is 0. The van der Waals surface area contributed by atoms with Crippen LogP contribution in [0.3, 0.4) is 0 Å². The van der Waals surface area contributed by atoms with E-state index in [4.69, 9.17) is 9.47 Å². The quantitative estimate of drug-likeness (QED) is 0.811. The van der Waals surface area contributed by atoms with E-state index < -0.39 is 5.97 Å². The molecular weight excluding hydrogens is 273 g/mol. The van der Waals surface area contributed by atoms with E-state index >= 15 is 0 Å². The minimum atomic E-state index is -0.466. The molecule has 21 heavy (non-hydrogen) atoms. The standard InChI is InChI=1S/C16H16FNO3/c1-4-12-14(16(19)21-3)13(9-18-15(12)20-2)10-5-7-11(17)8-6-10/h5-9H,4H2,1-3H3. The van der Waals surface area contributed by atoms with Crippen LogP contribution in [0.2, 0.25) is 0 Å². The molecule has 0 amide bonds. The fourth-order valence-corrected chi connectivity index (χ4v) is 2.22. The van der Waals surface area contributed by atoms with Crippen LogP contribution in [-0.4, -0.2) is 25.2 Å². The number of methoxy groups -OCH3 is 2. The zero-order valence-corrected chi connectivity index (χ0v) is 12.1. The van der Waals surface area contributed by atoms with Crippen LogP contribution in [0.5, 0.6) is 5.88 Å². The largest absolute Gasteiger partial charge is 0.481 e. The van der Waals surface area contributed by atoms with E-state index in [1.165, 1.54) is 32.5 Å². The van der Waals surface area contributed by atoms with Gasteiger partial charge in [0, 0.05) is 17.3 Å². The highest BCUT2D eigenvalue weighted by Crippen LogP contribution is 2.31. The highest BCUT2D eigenvalue weighted by molar-refractivity contribution is 5.99. The molecule has 2 rings (SSSR count). The number of carbonyl (C=O) groups excluding carboxylic acids is 1. The number of esters is 1. The number of hydrogen-bond acceptors (Lipinski definition) is 4. The van der Waals surface area contributed by atoms with Gasteiger partial charge in [-0.1, -0.05) is 19.1 Å². The number of benzene rings is 1. The van der Waals surface area contributed by atoms with Gasteiger partial charge in [0.25, 0.3) is 0 Å². The second kappa shape index (κ2) is 6.35. The van der Waals surface area contributed by atoms with Crippen LogP contribution in [-0.2, 0) is 11.2 Å². The van der Waals surface area contributed by atoms with Gasteiger partial charge in [-0.2, -0.15) is 0 Å². The molecule has 0 atom stereocenters. The lowest BCUT2D eigenvalue weighted by Gasteiger charge is -2.14. The second-order valence-corrected chi connectivity index (χ2v) is 4.39. The summed E-state index contributed by atoms with van der Waals surface area (Å²) < 4.78 is 23.1. The van der Waals surface area contributed by atoms with Gasteiger partial charge in [0.1, 0.15) is 5.82 Å². The zero-order valence-electron chi connectivity index (χ0n) is 12.1. The molecule has 110 valence electrons. The van der Waals surface area contributed by atoms with E-state index in [1.54, 1.807) is 12.1 Å². The lowest BCUT2D eigenvalue weighted by atomic mass is 9.96. The SMILES string of the molecule is CCc1c(OC)ncc(-c2ccc(F)cc2)c1C(=O)OC. The van der Waals surface area contributed by atoms with Crippen molar-refractivity contribution in [2.75, 3.05) is 14.2 Å². The Hall–Kier alpha value is -2.43. The predicted octanol–water partition coefficient (Wildman–Crippen LogP) is 3.25. The number of ether oxygens (including phenoxy) is 2. The van der Waals surface area contributed by atoms with Gasteiger partial charge in [-0.15, -0.1) is 0 Å². The van der Waals surface area contributed by atoms with Crippen LogP contribution in [0.1, 0.15) is 22.8 Å². The Morgan fingerprint density at radius 1 is 1.24 bits per heavy atom. The average Bonchev–Trinajstić information content (AvgIpc) is 2.53. The Bertz CT molecular complexity index is 653. The van der Waals surface area contributed by atoms with Crippen LogP contribution in [0.4, 0.5) is 4.39 Å². The number of aromatic nitrogens is 1. The van der Waals surface area contributed by atoms with Crippen molar-refractivity contribution in [1.29, 1.82) is 0 Å². The van der Waals surface area contributed by atoms with Crippen LogP contribution >= 0.6 is 0 Å². The molecule has 0 aliphatic carbocycles. The molecule has 5 heteroatoms. The van der Waals surface area contributed by atoms with Crippen LogP contribution in [0, 0.1) is 5.82 Å². The number of pyridine rings is 1. The summed E-state index contributed by atoms with van der Waals surface area (Å²) in [4.78, 5) is 16.4. The highest BCUT2D eigenvalue weighted by Gasteiger charge is 2.22. The summed E-state index contributed by atoms with van der Waals surface area (Å²) in [5.74, 6) is -0.411. The van der Waals surface area contributed by atoms with Crippen LogP contribution < -0.4 is 4.74 Å². The van der Waals surface area contributed by atoms with E-state index in [0.717, 1.165) is 0 Å². The van der Waals surface area contributed by atoms with E-state index in [-0.39, 0.29) is 5.82 Å². The Morgan fingerprint density at radius 2 is 1.90 bits per heavy atom. The summed E-state index contributed by atoms with van der Waals surface area (Å²) in [5.41, 5.74) is 2.37. The molecule has 0 aliphatic heterocycles. The van der Waals surface area contributed by atoms with Gasteiger partial charge >= 0.3 is 5.97 Å².